The molecule has 1 aliphatic rings. The molecule has 0 radical (unpaired) electrons. The van der Waals surface area contributed by atoms with Gasteiger partial charge in [-0.25, -0.2) is 0 Å². The van der Waals surface area contributed by atoms with Gasteiger partial charge in [0.05, 0.1) is 15.6 Å². The predicted molar refractivity (Wildman–Crippen MR) is 73.1 cm³/mol. The smallest absolute Gasteiger partial charge is 0.106 e. The zero-order valence-electron chi connectivity index (χ0n) is 8.96. The van der Waals surface area contributed by atoms with Crippen LogP contribution in [0, 0.1) is 0 Å². The van der Waals surface area contributed by atoms with E-state index < -0.39 is 0 Å². The van der Waals surface area contributed by atoms with Gasteiger partial charge in [0.15, 0.2) is 0 Å². The van der Waals surface area contributed by atoms with Crippen LogP contribution in [0.25, 0.3) is 5.70 Å². The summed E-state index contributed by atoms with van der Waals surface area (Å²) in [5, 5.41) is 6.52. The Bertz CT molecular complexity index is 534. The molecule has 0 bridgehead atoms. The number of aromatic nitrogens is 1. The van der Waals surface area contributed by atoms with Crippen molar-refractivity contribution in [2.24, 2.45) is 5.73 Å². The van der Waals surface area contributed by atoms with E-state index in [1.165, 1.54) is 4.88 Å². The van der Waals surface area contributed by atoms with Gasteiger partial charge in [-0.2, -0.15) is 0 Å². The van der Waals surface area contributed by atoms with Gasteiger partial charge in [-0.1, -0.05) is 23.9 Å². The van der Waals surface area contributed by atoms with E-state index in [1.54, 1.807) is 29.3 Å². The Balaban J connectivity index is 1.85. The Morgan fingerprint density at radius 3 is 2.94 bits per heavy atom. The fourth-order valence-corrected chi connectivity index (χ4v) is 3.52. The minimum Gasteiger partial charge on any atom is -0.392 e. The van der Waals surface area contributed by atoms with Crippen LogP contribution < -0.4 is 11.1 Å². The first-order valence-electron chi connectivity index (χ1n) is 5.21. The van der Waals surface area contributed by atoms with Gasteiger partial charge < -0.3 is 11.1 Å². The van der Waals surface area contributed by atoms with E-state index in [0.29, 0.717) is 0 Å². The van der Waals surface area contributed by atoms with Gasteiger partial charge in [-0.05, 0) is 17.5 Å². The molecule has 86 valence electrons. The summed E-state index contributed by atoms with van der Waals surface area (Å²) in [4.78, 5) is 5.31. The normalized spacial score (nSPS) is 19.4. The molecule has 2 aromatic heterocycles. The van der Waals surface area contributed by atoms with Gasteiger partial charge in [0.2, 0.25) is 0 Å². The molecule has 3 N–H and O–H groups in total. The van der Waals surface area contributed by atoms with Crippen molar-refractivity contribution in [1.29, 1.82) is 0 Å². The third-order valence-electron chi connectivity index (χ3n) is 2.52. The van der Waals surface area contributed by atoms with Gasteiger partial charge in [0.1, 0.15) is 5.37 Å². The minimum atomic E-state index is 0.167. The zero-order chi connectivity index (χ0) is 11.7. The predicted octanol–water partition coefficient (Wildman–Crippen LogP) is 2.76. The van der Waals surface area contributed by atoms with Crippen molar-refractivity contribution in [3.05, 3.63) is 57.5 Å². The van der Waals surface area contributed by atoms with E-state index in [2.05, 4.69) is 27.8 Å². The van der Waals surface area contributed by atoms with Crippen LogP contribution in [0.4, 0.5) is 0 Å². The van der Waals surface area contributed by atoms with Gasteiger partial charge >= 0.3 is 0 Å². The summed E-state index contributed by atoms with van der Waals surface area (Å²) < 4.78 is 0. The lowest BCUT2D eigenvalue weighted by Gasteiger charge is -2.11. The molecule has 3 rings (SSSR count). The van der Waals surface area contributed by atoms with Crippen molar-refractivity contribution in [3.8, 4) is 0 Å². The first-order valence-corrected chi connectivity index (χ1v) is 6.97. The van der Waals surface area contributed by atoms with Crippen LogP contribution in [0.3, 0.4) is 0 Å². The lowest BCUT2D eigenvalue weighted by Crippen LogP contribution is -2.11. The van der Waals surface area contributed by atoms with Gasteiger partial charge in [0, 0.05) is 18.0 Å². The van der Waals surface area contributed by atoms with E-state index in [1.807, 2.05) is 18.3 Å². The van der Waals surface area contributed by atoms with Gasteiger partial charge in [-0.3, -0.25) is 4.98 Å². The van der Waals surface area contributed by atoms with Crippen LogP contribution in [0.2, 0.25) is 0 Å². The largest absolute Gasteiger partial charge is 0.392 e. The summed E-state index contributed by atoms with van der Waals surface area (Å²) >= 11 is 3.33. The van der Waals surface area contributed by atoms with Crippen molar-refractivity contribution in [1.82, 2.24) is 10.3 Å². The average molecular weight is 261 g/mol. The van der Waals surface area contributed by atoms with Crippen LogP contribution >= 0.6 is 23.1 Å². The summed E-state index contributed by atoms with van der Waals surface area (Å²) in [5.41, 5.74) is 8.25. The molecule has 0 saturated carbocycles. The SMILES string of the molecule is NC1=C(c2cccs2)NC(c2cccnc2)S1. The number of hydrogen-bond donors (Lipinski definition) is 2. The second kappa shape index (κ2) is 4.43. The molecule has 0 amide bonds. The molecule has 0 spiro atoms. The number of thioether (sulfide) groups is 1. The maximum absolute atomic E-state index is 6.06. The summed E-state index contributed by atoms with van der Waals surface area (Å²) in [7, 11) is 0. The van der Waals surface area contributed by atoms with Gasteiger partial charge in [0.25, 0.3) is 0 Å². The Hall–Kier alpha value is -1.46. The monoisotopic (exact) mass is 261 g/mol. The highest BCUT2D eigenvalue weighted by Crippen LogP contribution is 2.41. The maximum Gasteiger partial charge on any atom is 0.106 e. The molecule has 1 aliphatic heterocycles. The summed E-state index contributed by atoms with van der Waals surface area (Å²) in [6.45, 7) is 0. The highest BCUT2D eigenvalue weighted by atomic mass is 32.2. The molecule has 3 heterocycles. The van der Waals surface area contributed by atoms with Crippen LogP contribution in [-0.4, -0.2) is 4.98 Å². The van der Waals surface area contributed by atoms with E-state index in [0.717, 1.165) is 16.3 Å². The van der Waals surface area contributed by atoms with E-state index >= 15 is 0 Å². The third kappa shape index (κ3) is 2.03. The Morgan fingerprint density at radius 2 is 2.24 bits per heavy atom. The summed E-state index contributed by atoms with van der Waals surface area (Å²) in [6, 6.07) is 8.11. The highest BCUT2D eigenvalue weighted by Gasteiger charge is 2.25. The number of hydrogen-bond acceptors (Lipinski definition) is 5. The summed E-state index contributed by atoms with van der Waals surface area (Å²) in [5.74, 6) is 0. The van der Waals surface area contributed by atoms with E-state index in [-0.39, 0.29) is 5.37 Å². The van der Waals surface area contributed by atoms with E-state index in [9.17, 15) is 0 Å². The molecule has 3 nitrogen and oxygen atoms in total. The Kier molecular flexibility index (Phi) is 2.78. The van der Waals surface area contributed by atoms with Crippen LogP contribution in [0.15, 0.2) is 47.1 Å². The average Bonchev–Trinajstić information content (AvgIpc) is 2.99. The number of thiophene rings is 1. The van der Waals surface area contributed by atoms with Crippen LogP contribution in [-0.2, 0) is 0 Å². The fraction of sp³-hybridized carbons (Fsp3) is 0.0833. The first kappa shape index (κ1) is 10.7. The van der Waals surface area contributed by atoms with Crippen molar-refractivity contribution in [3.63, 3.8) is 0 Å². The zero-order valence-corrected chi connectivity index (χ0v) is 10.6. The fourth-order valence-electron chi connectivity index (χ4n) is 1.71. The lowest BCUT2D eigenvalue weighted by atomic mass is 10.2. The molecule has 2 aromatic rings. The van der Waals surface area contributed by atoms with Crippen molar-refractivity contribution in [2.75, 3.05) is 0 Å². The summed E-state index contributed by atoms with van der Waals surface area (Å²) in [6.07, 6.45) is 3.65. The molecular weight excluding hydrogens is 250 g/mol. The Morgan fingerprint density at radius 1 is 1.29 bits per heavy atom. The van der Waals surface area contributed by atoms with Crippen molar-refractivity contribution in [2.45, 2.75) is 5.37 Å². The highest BCUT2D eigenvalue weighted by molar-refractivity contribution is 8.03. The molecule has 5 heteroatoms. The molecule has 1 atom stereocenters. The maximum atomic E-state index is 6.06. The number of nitrogens with two attached hydrogens (primary N) is 1. The molecule has 17 heavy (non-hydrogen) atoms. The number of pyridine rings is 1. The number of nitrogens with zero attached hydrogens (tertiary/aromatic N) is 1. The van der Waals surface area contributed by atoms with Crippen molar-refractivity contribution < 1.29 is 0 Å². The molecule has 0 aromatic carbocycles. The molecule has 0 aliphatic carbocycles. The topological polar surface area (TPSA) is 50.9 Å². The molecule has 0 fully saturated rings. The molecular formula is C12H11N3S2. The van der Waals surface area contributed by atoms with Crippen LogP contribution in [0.1, 0.15) is 15.8 Å². The Labute approximate surface area is 108 Å². The van der Waals surface area contributed by atoms with Crippen molar-refractivity contribution >= 4 is 28.8 Å². The number of nitrogens with one attached hydrogen (secondary N) is 1. The quantitative estimate of drug-likeness (QED) is 0.873. The minimum absolute atomic E-state index is 0.167. The lowest BCUT2D eigenvalue weighted by molar-refractivity contribution is 0.874. The number of rotatable bonds is 2. The molecule has 1 unspecified atom stereocenters. The third-order valence-corrected chi connectivity index (χ3v) is 4.49. The van der Waals surface area contributed by atoms with Gasteiger partial charge in [-0.15, -0.1) is 11.3 Å². The van der Waals surface area contributed by atoms with E-state index in [4.69, 9.17) is 5.73 Å². The second-order valence-corrected chi connectivity index (χ2v) is 5.74. The standard InChI is InChI=1S/C12H11N3S2/c13-11-10(9-4-2-6-16-9)15-12(17-11)8-3-1-5-14-7-8/h1-7,12,15H,13H2. The first-order chi connectivity index (χ1) is 8.34. The van der Waals surface area contributed by atoms with Crippen LogP contribution in [0.5, 0.6) is 0 Å². The second-order valence-electron chi connectivity index (χ2n) is 3.65. The molecule has 0 saturated heterocycles.